The van der Waals surface area contributed by atoms with Crippen LogP contribution in [0.4, 0.5) is 0 Å². The number of benzene rings is 1. The van der Waals surface area contributed by atoms with Crippen molar-refractivity contribution in [3.63, 3.8) is 0 Å². The predicted octanol–water partition coefficient (Wildman–Crippen LogP) is 2.02. The molecule has 1 aromatic carbocycles. The summed E-state index contributed by atoms with van der Waals surface area (Å²) in [6.45, 7) is 0. The lowest BCUT2D eigenvalue weighted by Gasteiger charge is -1.98. The molecule has 17 heavy (non-hydrogen) atoms. The second-order valence-corrected chi connectivity index (χ2v) is 4.32. The Morgan fingerprint density at radius 3 is 2.76 bits per heavy atom. The molecule has 0 amide bonds. The van der Waals surface area contributed by atoms with E-state index in [1.54, 1.807) is 17.6 Å². The molecule has 0 saturated carbocycles. The maximum atomic E-state index is 5.18. The Labute approximate surface area is 103 Å². The van der Waals surface area contributed by atoms with E-state index in [0.717, 1.165) is 11.1 Å². The summed E-state index contributed by atoms with van der Waals surface area (Å²) >= 11 is 1.70. The number of hydrogen-bond donors (Lipinski definition) is 2. The Morgan fingerprint density at radius 1 is 1.18 bits per heavy atom. The van der Waals surface area contributed by atoms with Crippen molar-refractivity contribution in [2.24, 2.45) is 21.7 Å². The average molecular weight is 244 g/mol. The summed E-state index contributed by atoms with van der Waals surface area (Å²) in [5.41, 5.74) is 12.5. The van der Waals surface area contributed by atoms with Crippen molar-refractivity contribution in [1.29, 1.82) is 0 Å². The van der Waals surface area contributed by atoms with Gasteiger partial charge in [-0.05, 0) is 28.6 Å². The van der Waals surface area contributed by atoms with Gasteiger partial charge in [-0.1, -0.05) is 24.3 Å². The molecule has 2 aromatic rings. The van der Waals surface area contributed by atoms with Gasteiger partial charge in [-0.3, -0.25) is 0 Å². The predicted molar refractivity (Wildman–Crippen MR) is 73.2 cm³/mol. The van der Waals surface area contributed by atoms with Crippen LogP contribution in [-0.2, 0) is 0 Å². The van der Waals surface area contributed by atoms with E-state index in [1.165, 1.54) is 4.88 Å². The normalized spacial score (nSPS) is 10.6. The molecule has 0 aliphatic rings. The molecule has 1 heterocycles. The van der Waals surface area contributed by atoms with Gasteiger partial charge in [0.05, 0.1) is 6.21 Å². The number of nitrogens with zero attached hydrogens (tertiary/aromatic N) is 2. The van der Waals surface area contributed by atoms with E-state index in [-0.39, 0.29) is 5.96 Å². The summed E-state index contributed by atoms with van der Waals surface area (Å²) in [4.78, 5) is 1.22. The Hall–Kier alpha value is -2.14. The quantitative estimate of drug-likeness (QED) is 0.492. The minimum atomic E-state index is -0.0457. The van der Waals surface area contributed by atoms with Crippen LogP contribution in [0, 0.1) is 0 Å². The van der Waals surface area contributed by atoms with Crippen molar-refractivity contribution >= 4 is 23.5 Å². The topological polar surface area (TPSA) is 76.8 Å². The highest BCUT2D eigenvalue weighted by Gasteiger charge is 1.98. The van der Waals surface area contributed by atoms with Crippen LogP contribution >= 0.6 is 11.3 Å². The largest absolute Gasteiger partial charge is 0.369 e. The van der Waals surface area contributed by atoms with Crippen molar-refractivity contribution in [2.75, 3.05) is 0 Å². The number of hydrogen-bond acceptors (Lipinski definition) is 3. The van der Waals surface area contributed by atoms with Crippen molar-refractivity contribution in [2.45, 2.75) is 0 Å². The molecule has 4 nitrogen and oxygen atoms in total. The molecule has 0 saturated heterocycles. The van der Waals surface area contributed by atoms with Gasteiger partial charge in [0.2, 0.25) is 5.96 Å². The molecule has 2 rings (SSSR count). The lowest BCUT2D eigenvalue weighted by molar-refractivity contribution is 1.21. The molecular formula is C12H12N4S. The monoisotopic (exact) mass is 244 g/mol. The van der Waals surface area contributed by atoms with Crippen LogP contribution in [0.2, 0.25) is 0 Å². The fourth-order valence-corrected chi connectivity index (χ4v) is 2.10. The first-order valence-electron chi connectivity index (χ1n) is 5.01. The highest BCUT2D eigenvalue weighted by Crippen LogP contribution is 2.24. The van der Waals surface area contributed by atoms with Crippen LogP contribution in [0.15, 0.2) is 52.0 Å². The highest BCUT2D eigenvalue weighted by atomic mass is 32.1. The maximum Gasteiger partial charge on any atom is 0.211 e. The van der Waals surface area contributed by atoms with Crippen LogP contribution in [-0.4, -0.2) is 12.2 Å². The van der Waals surface area contributed by atoms with Gasteiger partial charge in [0.1, 0.15) is 0 Å². The second-order valence-electron chi connectivity index (χ2n) is 3.37. The molecule has 0 aliphatic carbocycles. The van der Waals surface area contributed by atoms with Crippen molar-refractivity contribution < 1.29 is 0 Å². The van der Waals surface area contributed by atoms with Crippen LogP contribution in [0.25, 0.3) is 10.4 Å². The molecule has 5 heteroatoms. The van der Waals surface area contributed by atoms with Gasteiger partial charge in [0, 0.05) is 4.88 Å². The number of guanidine groups is 1. The van der Waals surface area contributed by atoms with E-state index in [9.17, 15) is 0 Å². The molecule has 0 radical (unpaired) electrons. The summed E-state index contributed by atoms with van der Waals surface area (Å²) < 4.78 is 0. The zero-order valence-corrected chi connectivity index (χ0v) is 9.89. The van der Waals surface area contributed by atoms with E-state index in [4.69, 9.17) is 11.5 Å². The van der Waals surface area contributed by atoms with Crippen molar-refractivity contribution in [3.05, 3.63) is 47.3 Å². The first kappa shape index (κ1) is 11.3. The molecule has 1 aromatic heterocycles. The fraction of sp³-hybridized carbons (Fsp3) is 0. The third-order valence-electron chi connectivity index (χ3n) is 2.07. The SMILES string of the molecule is NC(N)=NN=Cc1cccc(-c2cccs2)c1. The minimum Gasteiger partial charge on any atom is -0.369 e. The van der Waals surface area contributed by atoms with E-state index in [2.05, 4.69) is 27.7 Å². The summed E-state index contributed by atoms with van der Waals surface area (Å²) in [5.74, 6) is -0.0457. The zero-order chi connectivity index (χ0) is 12.1. The third kappa shape index (κ3) is 3.15. The van der Waals surface area contributed by atoms with Gasteiger partial charge in [-0.15, -0.1) is 16.4 Å². The molecule has 4 N–H and O–H groups in total. The van der Waals surface area contributed by atoms with Crippen molar-refractivity contribution in [1.82, 2.24) is 0 Å². The minimum absolute atomic E-state index is 0.0457. The van der Waals surface area contributed by atoms with E-state index in [0.29, 0.717) is 0 Å². The van der Waals surface area contributed by atoms with Gasteiger partial charge in [0.25, 0.3) is 0 Å². The number of rotatable bonds is 3. The Bertz CT molecular complexity index is 539. The Kier molecular flexibility index (Phi) is 3.52. The van der Waals surface area contributed by atoms with E-state index in [1.807, 2.05) is 24.3 Å². The molecule has 86 valence electrons. The van der Waals surface area contributed by atoms with Crippen LogP contribution in [0.3, 0.4) is 0 Å². The fourth-order valence-electron chi connectivity index (χ4n) is 1.38. The van der Waals surface area contributed by atoms with Gasteiger partial charge in [-0.2, -0.15) is 5.10 Å². The smallest absolute Gasteiger partial charge is 0.211 e. The van der Waals surface area contributed by atoms with Crippen LogP contribution in [0.1, 0.15) is 5.56 Å². The summed E-state index contributed by atoms with van der Waals surface area (Å²) in [7, 11) is 0. The second kappa shape index (κ2) is 5.27. The van der Waals surface area contributed by atoms with Crippen LogP contribution < -0.4 is 11.5 Å². The zero-order valence-electron chi connectivity index (χ0n) is 9.08. The Morgan fingerprint density at radius 2 is 2.06 bits per heavy atom. The molecular weight excluding hydrogens is 232 g/mol. The van der Waals surface area contributed by atoms with Gasteiger partial charge >= 0.3 is 0 Å². The lowest BCUT2D eigenvalue weighted by atomic mass is 10.1. The van der Waals surface area contributed by atoms with E-state index < -0.39 is 0 Å². The van der Waals surface area contributed by atoms with E-state index >= 15 is 0 Å². The first-order valence-corrected chi connectivity index (χ1v) is 5.89. The summed E-state index contributed by atoms with van der Waals surface area (Å²) in [5, 5.41) is 9.39. The average Bonchev–Trinajstić information content (AvgIpc) is 2.82. The molecule has 0 aliphatic heterocycles. The standard InChI is InChI=1S/C12H12N4S/c13-12(14)16-15-8-9-3-1-4-10(7-9)11-5-2-6-17-11/h1-8H,(H4,13,14,16). The molecule has 0 atom stereocenters. The third-order valence-corrected chi connectivity index (χ3v) is 2.99. The van der Waals surface area contributed by atoms with Gasteiger partial charge in [0.15, 0.2) is 0 Å². The highest BCUT2D eigenvalue weighted by molar-refractivity contribution is 7.13. The molecule has 0 fully saturated rings. The molecule has 0 bridgehead atoms. The molecule has 0 spiro atoms. The van der Waals surface area contributed by atoms with Gasteiger partial charge in [-0.25, -0.2) is 0 Å². The molecule has 0 unspecified atom stereocenters. The summed E-state index contributed by atoms with van der Waals surface area (Å²) in [6.07, 6.45) is 1.62. The first-order chi connectivity index (χ1) is 8.25. The lowest BCUT2D eigenvalue weighted by Crippen LogP contribution is -2.21. The number of nitrogens with two attached hydrogens (primary N) is 2. The van der Waals surface area contributed by atoms with Crippen molar-refractivity contribution in [3.8, 4) is 10.4 Å². The Balaban J connectivity index is 2.23. The maximum absolute atomic E-state index is 5.18. The summed E-state index contributed by atoms with van der Waals surface area (Å²) in [6, 6.07) is 12.1. The number of thiophene rings is 1. The van der Waals surface area contributed by atoms with Gasteiger partial charge < -0.3 is 11.5 Å². The van der Waals surface area contributed by atoms with Crippen LogP contribution in [0.5, 0.6) is 0 Å².